The number of rotatable bonds is 6. The molecule has 1 aromatic carbocycles. The second-order valence-corrected chi connectivity index (χ2v) is 6.45. The summed E-state index contributed by atoms with van der Waals surface area (Å²) < 4.78 is 10.5. The number of amides is 2. The number of morpholine rings is 1. The smallest absolute Gasteiger partial charge is 0.245 e. The summed E-state index contributed by atoms with van der Waals surface area (Å²) in [5.74, 6) is 0.673. The number of hydrogen-bond donors (Lipinski definition) is 2. The van der Waals surface area contributed by atoms with E-state index in [4.69, 9.17) is 9.47 Å². The van der Waals surface area contributed by atoms with Crippen molar-refractivity contribution in [3.63, 3.8) is 0 Å². The summed E-state index contributed by atoms with van der Waals surface area (Å²) >= 11 is 0. The van der Waals surface area contributed by atoms with Gasteiger partial charge in [0.05, 0.1) is 20.3 Å². The van der Waals surface area contributed by atoms with E-state index < -0.39 is 6.04 Å². The van der Waals surface area contributed by atoms with Crippen LogP contribution in [0.25, 0.3) is 0 Å². The Labute approximate surface area is 159 Å². The first kappa shape index (κ1) is 20.5. The van der Waals surface area contributed by atoms with Crippen LogP contribution in [0, 0.1) is 0 Å². The molecule has 2 unspecified atom stereocenters. The Morgan fingerprint density at radius 1 is 1.38 bits per heavy atom. The minimum Gasteiger partial charge on any atom is -0.497 e. The van der Waals surface area contributed by atoms with E-state index in [1.54, 1.807) is 12.0 Å². The van der Waals surface area contributed by atoms with Crippen molar-refractivity contribution in [1.82, 2.24) is 15.5 Å². The van der Waals surface area contributed by atoms with Crippen LogP contribution in [0.4, 0.5) is 0 Å². The van der Waals surface area contributed by atoms with E-state index in [9.17, 15) is 9.59 Å². The fourth-order valence-electron chi connectivity index (χ4n) is 3.21. The lowest BCUT2D eigenvalue weighted by molar-refractivity contribution is -0.133. The summed E-state index contributed by atoms with van der Waals surface area (Å²) in [5.41, 5.74) is 1.05. The van der Waals surface area contributed by atoms with Gasteiger partial charge in [-0.25, -0.2) is 0 Å². The highest BCUT2D eigenvalue weighted by atomic mass is 35.5. The average Bonchev–Trinajstić information content (AvgIpc) is 2.96. The molecular weight excluding hydrogens is 358 g/mol. The van der Waals surface area contributed by atoms with Crippen LogP contribution in [-0.4, -0.2) is 62.2 Å². The molecule has 2 atom stereocenters. The van der Waals surface area contributed by atoms with Crippen molar-refractivity contribution >= 4 is 24.2 Å². The number of hydrogen-bond acceptors (Lipinski definition) is 5. The molecule has 26 heavy (non-hydrogen) atoms. The van der Waals surface area contributed by atoms with Gasteiger partial charge in [-0.05, 0) is 24.1 Å². The van der Waals surface area contributed by atoms with Gasteiger partial charge in [-0.3, -0.25) is 9.59 Å². The van der Waals surface area contributed by atoms with Gasteiger partial charge in [0.1, 0.15) is 11.8 Å². The normalized spacial score (nSPS) is 22.7. The molecule has 8 heteroatoms. The molecule has 0 aliphatic carbocycles. The van der Waals surface area contributed by atoms with E-state index in [1.165, 1.54) is 0 Å². The summed E-state index contributed by atoms with van der Waals surface area (Å²) in [6.07, 6.45) is 0.984. The largest absolute Gasteiger partial charge is 0.497 e. The molecule has 0 radical (unpaired) electrons. The van der Waals surface area contributed by atoms with Crippen molar-refractivity contribution in [2.75, 3.05) is 33.4 Å². The van der Waals surface area contributed by atoms with E-state index in [0.29, 0.717) is 39.1 Å². The number of nitrogens with one attached hydrogen (secondary N) is 2. The highest BCUT2D eigenvalue weighted by Gasteiger charge is 2.33. The Morgan fingerprint density at radius 2 is 2.15 bits per heavy atom. The Morgan fingerprint density at radius 3 is 2.81 bits per heavy atom. The van der Waals surface area contributed by atoms with Crippen LogP contribution in [0.2, 0.25) is 0 Å². The lowest BCUT2D eigenvalue weighted by Gasteiger charge is -2.24. The van der Waals surface area contributed by atoms with Gasteiger partial charge in [-0.1, -0.05) is 12.1 Å². The van der Waals surface area contributed by atoms with Crippen LogP contribution in [0.1, 0.15) is 18.4 Å². The van der Waals surface area contributed by atoms with E-state index in [-0.39, 0.29) is 30.3 Å². The molecule has 0 aromatic heterocycles. The lowest BCUT2D eigenvalue weighted by Crippen LogP contribution is -2.47. The van der Waals surface area contributed by atoms with Gasteiger partial charge in [0.25, 0.3) is 0 Å². The third-order valence-corrected chi connectivity index (χ3v) is 4.60. The van der Waals surface area contributed by atoms with Crippen LogP contribution in [0.3, 0.4) is 0 Å². The third kappa shape index (κ3) is 5.33. The van der Waals surface area contributed by atoms with Crippen molar-refractivity contribution in [2.45, 2.75) is 31.5 Å². The Hall–Kier alpha value is -1.83. The highest BCUT2D eigenvalue weighted by molar-refractivity contribution is 5.89. The molecule has 0 bridgehead atoms. The maximum Gasteiger partial charge on any atom is 0.245 e. The van der Waals surface area contributed by atoms with Gasteiger partial charge in [-0.15, -0.1) is 12.4 Å². The van der Waals surface area contributed by atoms with E-state index >= 15 is 0 Å². The maximum absolute atomic E-state index is 12.5. The molecule has 2 N–H and O–H groups in total. The zero-order valence-corrected chi connectivity index (χ0v) is 15.7. The molecule has 0 spiro atoms. The quantitative estimate of drug-likeness (QED) is 0.756. The van der Waals surface area contributed by atoms with Crippen LogP contribution < -0.4 is 15.4 Å². The Kier molecular flexibility index (Phi) is 7.68. The molecule has 2 heterocycles. The third-order valence-electron chi connectivity index (χ3n) is 4.60. The van der Waals surface area contributed by atoms with Gasteiger partial charge < -0.3 is 25.0 Å². The number of benzene rings is 1. The average molecular weight is 384 g/mol. The summed E-state index contributed by atoms with van der Waals surface area (Å²) in [6.45, 7) is 3.18. The predicted molar refractivity (Wildman–Crippen MR) is 99.4 cm³/mol. The predicted octanol–water partition coefficient (Wildman–Crippen LogP) is 0.713. The lowest BCUT2D eigenvalue weighted by atomic mass is 10.1. The fourth-order valence-corrected chi connectivity index (χ4v) is 3.21. The molecule has 2 aliphatic rings. The number of carbonyl (C=O) groups is 2. The van der Waals surface area contributed by atoms with Crippen molar-refractivity contribution in [1.29, 1.82) is 0 Å². The number of ether oxygens (including phenoxy) is 2. The van der Waals surface area contributed by atoms with E-state index in [2.05, 4.69) is 10.6 Å². The minimum absolute atomic E-state index is 0. The van der Waals surface area contributed by atoms with Gasteiger partial charge in [0.2, 0.25) is 11.8 Å². The van der Waals surface area contributed by atoms with Crippen LogP contribution in [0.15, 0.2) is 24.3 Å². The SMILES string of the molecule is COc1ccc(CN2CCC(NC(=O)CC3COCCN3)C2=O)cc1.Cl. The Bertz CT molecular complexity index is 605. The molecule has 2 saturated heterocycles. The van der Waals surface area contributed by atoms with Crippen molar-refractivity contribution in [2.24, 2.45) is 0 Å². The zero-order chi connectivity index (χ0) is 17.6. The first-order chi connectivity index (χ1) is 12.2. The standard InChI is InChI=1S/C18H25N3O4.ClH/c1-24-15-4-2-13(3-5-15)11-21-8-6-16(18(21)23)20-17(22)10-14-12-25-9-7-19-14;/h2-5,14,16,19H,6-12H2,1H3,(H,20,22);1H. The van der Waals surface area contributed by atoms with Gasteiger partial charge in [0.15, 0.2) is 0 Å². The molecular formula is C18H26ClN3O4. The first-order valence-corrected chi connectivity index (χ1v) is 8.68. The van der Waals surface area contributed by atoms with Gasteiger partial charge >= 0.3 is 0 Å². The maximum atomic E-state index is 12.5. The van der Waals surface area contributed by atoms with Crippen LogP contribution in [0.5, 0.6) is 5.75 Å². The summed E-state index contributed by atoms with van der Waals surface area (Å²) in [5, 5.41) is 6.11. The molecule has 1 aromatic rings. The molecule has 2 amide bonds. The van der Waals surface area contributed by atoms with E-state index in [0.717, 1.165) is 17.9 Å². The number of methoxy groups -OCH3 is 1. The first-order valence-electron chi connectivity index (χ1n) is 8.68. The number of likely N-dealkylation sites (tertiary alicyclic amines) is 1. The Balaban J connectivity index is 0.00000243. The van der Waals surface area contributed by atoms with Gasteiger partial charge in [-0.2, -0.15) is 0 Å². The van der Waals surface area contributed by atoms with Gasteiger partial charge in [0, 0.05) is 32.1 Å². The van der Waals surface area contributed by atoms with Crippen LogP contribution >= 0.6 is 12.4 Å². The summed E-state index contributed by atoms with van der Waals surface area (Å²) in [7, 11) is 1.63. The van der Waals surface area contributed by atoms with Crippen molar-refractivity contribution in [3.8, 4) is 5.75 Å². The summed E-state index contributed by atoms with van der Waals surface area (Å²) in [6, 6.07) is 7.28. The summed E-state index contributed by atoms with van der Waals surface area (Å²) in [4.78, 5) is 26.5. The second-order valence-electron chi connectivity index (χ2n) is 6.45. The highest BCUT2D eigenvalue weighted by Crippen LogP contribution is 2.18. The molecule has 0 saturated carbocycles. The van der Waals surface area contributed by atoms with Crippen LogP contribution in [-0.2, 0) is 20.9 Å². The minimum atomic E-state index is -0.421. The molecule has 2 aliphatic heterocycles. The zero-order valence-electron chi connectivity index (χ0n) is 14.9. The van der Waals surface area contributed by atoms with Crippen molar-refractivity contribution in [3.05, 3.63) is 29.8 Å². The fraction of sp³-hybridized carbons (Fsp3) is 0.556. The monoisotopic (exact) mass is 383 g/mol. The second kappa shape index (κ2) is 9.75. The number of halogens is 1. The van der Waals surface area contributed by atoms with E-state index in [1.807, 2.05) is 24.3 Å². The number of nitrogens with zero attached hydrogens (tertiary/aromatic N) is 1. The molecule has 3 rings (SSSR count). The molecule has 144 valence electrons. The van der Waals surface area contributed by atoms with Crippen molar-refractivity contribution < 1.29 is 19.1 Å². The molecule has 2 fully saturated rings. The topological polar surface area (TPSA) is 79.9 Å². The number of carbonyl (C=O) groups excluding carboxylic acids is 2. The molecule has 7 nitrogen and oxygen atoms in total.